The Labute approximate surface area is 161 Å². The fraction of sp³-hybridized carbons (Fsp3) is 0.588. The molecule has 0 saturated heterocycles. The first-order chi connectivity index (χ1) is 13.0. The molecule has 11 heteroatoms. The number of oxime groups is 1. The lowest BCUT2D eigenvalue weighted by atomic mass is 10.1. The molecule has 0 bridgehead atoms. The van der Waals surface area contributed by atoms with Gasteiger partial charge < -0.3 is 29.6 Å². The molecule has 160 valence electrons. The second-order valence-corrected chi connectivity index (χ2v) is 8.18. The predicted molar refractivity (Wildman–Crippen MR) is 98.0 cm³/mol. The molecule has 0 aliphatic rings. The van der Waals surface area contributed by atoms with E-state index in [0.717, 1.165) is 11.8 Å². The number of halogens is 2. The monoisotopic (exact) mass is 425 g/mol. The molecule has 0 aromatic heterocycles. The van der Waals surface area contributed by atoms with Gasteiger partial charge in [0.2, 0.25) is 0 Å². The molecule has 0 heterocycles. The van der Waals surface area contributed by atoms with Crippen molar-refractivity contribution in [3.63, 3.8) is 0 Å². The highest BCUT2D eigenvalue weighted by molar-refractivity contribution is 7.54. The number of aliphatic hydroxyl groups excluding tert-OH is 3. The topological polar surface area (TPSA) is 129 Å². The molecule has 0 amide bonds. The smallest absolute Gasteiger partial charge is 0.391 e. The van der Waals surface area contributed by atoms with Gasteiger partial charge in [0.25, 0.3) is 0 Å². The quantitative estimate of drug-likeness (QED) is 0.230. The second-order valence-electron chi connectivity index (χ2n) is 6.28. The highest BCUT2D eigenvalue weighted by atomic mass is 31.2. The number of alkyl halides is 2. The SMILES string of the molecule is CCC(C)OP(=O)(O)C(F)(F)C[C@@H](O)[C@@H](O)[C@H](O)C=NOCc1ccccc1. The van der Waals surface area contributed by atoms with E-state index in [1.54, 1.807) is 31.2 Å². The highest BCUT2D eigenvalue weighted by Crippen LogP contribution is 2.60. The van der Waals surface area contributed by atoms with Crippen LogP contribution >= 0.6 is 7.60 Å². The molecule has 1 rings (SSSR count). The van der Waals surface area contributed by atoms with Crippen LogP contribution in [0.4, 0.5) is 8.78 Å². The fourth-order valence-corrected chi connectivity index (χ4v) is 3.20. The number of aliphatic hydroxyl groups is 3. The Morgan fingerprint density at radius 2 is 1.86 bits per heavy atom. The van der Waals surface area contributed by atoms with Crippen molar-refractivity contribution in [3.8, 4) is 0 Å². The zero-order chi connectivity index (χ0) is 21.4. The highest BCUT2D eigenvalue weighted by Gasteiger charge is 2.53. The summed E-state index contributed by atoms with van der Waals surface area (Å²) in [5, 5.41) is 32.6. The molecule has 4 N–H and O–H groups in total. The van der Waals surface area contributed by atoms with Gasteiger partial charge in [0.05, 0.1) is 24.8 Å². The lowest BCUT2D eigenvalue weighted by molar-refractivity contribution is -0.0750. The summed E-state index contributed by atoms with van der Waals surface area (Å²) in [4.78, 5) is 14.4. The number of benzene rings is 1. The molecule has 0 saturated carbocycles. The zero-order valence-corrected chi connectivity index (χ0v) is 16.5. The summed E-state index contributed by atoms with van der Waals surface area (Å²) in [6.45, 7) is 3.00. The van der Waals surface area contributed by atoms with Crippen LogP contribution in [0.1, 0.15) is 32.3 Å². The number of hydrogen-bond acceptors (Lipinski definition) is 7. The summed E-state index contributed by atoms with van der Waals surface area (Å²) < 4.78 is 44.3. The van der Waals surface area contributed by atoms with E-state index in [-0.39, 0.29) is 13.0 Å². The first kappa shape index (κ1) is 24.6. The molecule has 0 fully saturated rings. The molecular weight excluding hydrogens is 399 g/mol. The minimum atomic E-state index is -5.40. The first-order valence-corrected chi connectivity index (χ1v) is 10.2. The first-order valence-electron chi connectivity index (χ1n) is 8.63. The van der Waals surface area contributed by atoms with Gasteiger partial charge >= 0.3 is 13.3 Å². The van der Waals surface area contributed by atoms with E-state index >= 15 is 0 Å². The lowest BCUT2D eigenvalue weighted by Crippen LogP contribution is -2.41. The van der Waals surface area contributed by atoms with Crippen LogP contribution in [-0.2, 0) is 20.5 Å². The average Bonchev–Trinajstić information content (AvgIpc) is 2.64. The summed E-state index contributed by atoms with van der Waals surface area (Å²) >= 11 is 0. The van der Waals surface area contributed by atoms with Crippen LogP contribution < -0.4 is 0 Å². The van der Waals surface area contributed by atoms with Crippen molar-refractivity contribution in [2.45, 2.75) is 63.4 Å². The maximum atomic E-state index is 14.0. The number of nitrogens with zero attached hydrogens (tertiary/aromatic N) is 1. The molecule has 0 radical (unpaired) electrons. The molecular formula is C17H26F2NO7P. The Morgan fingerprint density at radius 3 is 2.43 bits per heavy atom. The van der Waals surface area contributed by atoms with Crippen molar-refractivity contribution >= 4 is 13.8 Å². The van der Waals surface area contributed by atoms with Crippen LogP contribution in [-0.4, -0.2) is 56.5 Å². The van der Waals surface area contributed by atoms with Crippen molar-refractivity contribution in [2.24, 2.45) is 5.16 Å². The van der Waals surface area contributed by atoms with Gasteiger partial charge in [-0.3, -0.25) is 4.57 Å². The van der Waals surface area contributed by atoms with Gasteiger partial charge in [-0.2, -0.15) is 8.78 Å². The molecule has 5 atom stereocenters. The van der Waals surface area contributed by atoms with Crippen molar-refractivity contribution in [1.29, 1.82) is 0 Å². The van der Waals surface area contributed by atoms with Gasteiger partial charge in [0.1, 0.15) is 18.8 Å². The van der Waals surface area contributed by atoms with Gasteiger partial charge in [0, 0.05) is 0 Å². The third kappa shape index (κ3) is 7.54. The van der Waals surface area contributed by atoms with E-state index in [9.17, 15) is 33.6 Å². The summed E-state index contributed by atoms with van der Waals surface area (Å²) in [5.41, 5.74) is -3.54. The maximum Gasteiger partial charge on any atom is 0.397 e. The van der Waals surface area contributed by atoms with Crippen LogP contribution in [0.15, 0.2) is 35.5 Å². The van der Waals surface area contributed by atoms with E-state index in [2.05, 4.69) is 9.68 Å². The van der Waals surface area contributed by atoms with Crippen LogP contribution in [0.3, 0.4) is 0 Å². The van der Waals surface area contributed by atoms with E-state index in [1.807, 2.05) is 6.07 Å². The normalized spacial score (nSPS) is 19.0. The summed E-state index contributed by atoms with van der Waals surface area (Å²) in [6.07, 6.45) is -7.68. The standard InChI is InChI=1S/C17H26F2NO7P/c1-3-12(2)27-28(24,25)17(18,19)9-14(21)16(23)15(22)10-20-26-11-13-7-5-4-6-8-13/h4-8,10,12,14-16,21-23H,3,9,11H2,1-2H3,(H,24,25)/t12?,14-,15-,16-/m1/s1. The minimum Gasteiger partial charge on any atom is -0.391 e. The predicted octanol–water partition coefficient (Wildman–Crippen LogP) is 2.26. The third-order valence-electron chi connectivity index (χ3n) is 3.87. The van der Waals surface area contributed by atoms with E-state index in [0.29, 0.717) is 0 Å². The van der Waals surface area contributed by atoms with Crippen LogP contribution in [0.2, 0.25) is 0 Å². The maximum absolute atomic E-state index is 14.0. The van der Waals surface area contributed by atoms with Gasteiger partial charge in [-0.25, -0.2) is 0 Å². The summed E-state index contributed by atoms with van der Waals surface area (Å²) in [5.74, 6) is 0. The molecule has 1 aromatic rings. The zero-order valence-electron chi connectivity index (χ0n) is 15.6. The van der Waals surface area contributed by atoms with Gasteiger partial charge in [-0.05, 0) is 18.9 Å². The molecule has 28 heavy (non-hydrogen) atoms. The Morgan fingerprint density at radius 1 is 1.25 bits per heavy atom. The Bertz CT molecular complexity index is 662. The van der Waals surface area contributed by atoms with Gasteiger partial charge in [-0.1, -0.05) is 42.4 Å². The number of rotatable bonds is 12. The molecule has 0 aliphatic carbocycles. The summed E-state index contributed by atoms with van der Waals surface area (Å²) in [7, 11) is -5.40. The molecule has 8 nitrogen and oxygen atoms in total. The molecule has 0 spiro atoms. The summed E-state index contributed by atoms with van der Waals surface area (Å²) in [6, 6.07) is 8.90. The molecule has 1 aromatic carbocycles. The van der Waals surface area contributed by atoms with Crippen molar-refractivity contribution in [1.82, 2.24) is 0 Å². The molecule has 2 unspecified atom stereocenters. The Kier molecular flexibility index (Phi) is 9.62. The Balaban J connectivity index is 2.58. The van der Waals surface area contributed by atoms with E-state index in [4.69, 9.17) is 4.84 Å². The van der Waals surface area contributed by atoms with Crippen LogP contribution in [0.5, 0.6) is 0 Å². The van der Waals surface area contributed by atoms with E-state index in [1.165, 1.54) is 6.92 Å². The molecule has 0 aliphatic heterocycles. The van der Waals surface area contributed by atoms with Gasteiger partial charge in [0.15, 0.2) is 0 Å². The Hall–Kier alpha value is -1.42. The van der Waals surface area contributed by atoms with E-state index < -0.39 is 44.1 Å². The van der Waals surface area contributed by atoms with Crippen LogP contribution in [0, 0.1) is 0 Å². The van der Waals surface area contributed by atoms with Crippen molar-refractivity contribution in [2.75, 3.05) is 0 Å². The van der Waals surface area contributed by atoms with Crippen molar-refractivity contribution < 1.29 is 42.9 Å². The average molecular weight is 425 g/mol. The van der Waals surface area contributed by atoms with Crippen LogP contribution in [0.25, 0.3) is 0 Å². The third-order valence-corrected chi connectivity index (χ3v) is 5.53. The number of hydrogen-bond donors (Lipinski definition) is 4. The fourth-order valence-electron chi connectivity index (χ4n) is 1.99. The minimum absolute atomic E-state index is 0.0709. The second kappa shape index (κ2) is 10.9. The van der Waals surface area contributed by atoms with Gasteiger partial charge in [-0.15, -0.1) is 0 Å². The van der Waals surface area contributed by atoms with Crippen molar-refractivity contribution in [3.05, 3.63) is 35.9 Å². The lowest BCUT2D eigenvalue weighted by Gasteiger charge is -2.28. The largest absolute Gasteiger partial charge is 0.397 e.